The molecule has 0 unspecified atom stereocenters. The molecule has 0 spiro atoms. The third-order valence-electron chi connectivity index (χ3n) is 1.08. The number of amides is 2. The number of rotatable bonds is 6. The van der Waals surface area contributed by atoms with Crippen LogP contribution in [0.1, 0.15) is 12.8 Å². The lowest BCUT2D eigenvalue weighted by Crippen LogP contribution is -2.40. The van der Waals surface area contributed by atoms with E-state index in [1.807, 2.05) is 6.07 Å². The highest BCUT2D eigenvalue weighted by molar-refractivity contribution is 5.50. The fourth-order valence-electron chi connectivity index (χ4n) is 0.588. The molecule has 60 valence electrons. The number of carbonyl (C=O) groups excluding carboxylic acids is 2. The van der Waals surface area contributed by atoms with Gasteiger partial charge in [-0.15, -0.1) is 0 Å². The van der Waals surface area contributed by atoms with Crippen molar-refractivity contribution in [1.29, 1.82) is 5.26 Å². The first kappa shape index (κ1) is 9.43. The highest BCUT2D eigenvalue weighted by Crippen LogP contribution is 1.89. The summed E-state index contributed by atoms with van der Waals surface area (Å²) in [5, 5.41) is 12.9. The van der Waals surface area contributed by atoms with Gasteiger partial charge in [0.25, 0.3) is 0 Å². The molecule has 0 saturated heterocycles. The smallest absolute Gasteiger partial charge is 0.208 e. The van der Waals surface area contributed by atoms with Gasteiger partial charge in [0.1, 0.15) is 6.17 Å². The number of nitrogens with one attached hydrogen (secondary N) is 2. The maximum atomic E-state index is 9.90. The van der Waals surface area contributed by atoms with Crippen LogP contribution in [-0.2, 0) is 9.59 Å². The normalized spacial score (nSPS) is 8.36. The van der Waals surface area contributed by atoms with E-state index in [1.165, 1.54) is 0 Å². The minimum absolute atomic E-state index is 0.298. The van der Waals surface area contributed by atoms with Crippen molar-refractivity contribution >= 4 is 12.8 Å². The number of hydrogen-bond acceptors (Lipinski definition) is 3. The van der Waals surface area contributed by atoms with Crippen LogP contribution in [0.3, 0.4) is 0 Å². The van der Waals surface area contributed by atoms with E-state index in [0.29, 0.717) is 25.7 Å². The monoisotopic (exact) mass is 155 g/mol. The van der Waals surface area contributed by atoms with Crippen LogP contribution in [-0.4, -0.2) is 19.0 Å². The lowest BCUT2D eigenvalue weighted by atomic mass is 10.3. The van der Waals surface area contributed by atoms with Crippen LogP contribution in [0, 0.1) is 11.3 Å². The van der Waals surface area contributed by atoms with E-state index in [9.17, 15) is 9.59 Å². The maximum Gasteiger partial charge on any atom is 0.208 e. The molecule has 0 rings (SSSR count). The Balaban J connectivity index is 3.60. The van der Waals surface area contributed by atoms with Crippen LogP contribution in [0.4, 0.5) is 0 Å². The first-order chi connectivity index (χ1) is 5.35. The van der Waals surface area contributed by atoms with Crippen molar-refractivity contribution in [2.24, 2.45) is 0 Å². The summed E-state index contributed by atoms with van der Waals surface area (Å²) in [4.78, 5) is 19.8. The number of carbonyl (C=O) groups is 2. The van der Waals surface area contributed by atoms with Crippen molar-refractivity contribution in [3.8, 4) is 6.07 Å². The Hall–Kier alpha value is -1.57. The van der Waals surface area contributed by atoms with Gasteiger partial charge < -0.3 is 10.6 Å². The van der Waals surface area contributed by atoms with Gasteiger partial charge in [-0.1, -0.05) is 0 Å². The zero-order chi connectivity index (χ0) is 8.53. The van der Waals surface area contributed by atoms with Crippen molar-refractivity contribution in [3.63, 3.8) is 0 Å². The molecule has 0 aliphatic carbocycles. The molecule has 5 nitrogen and oxygen atoms in total. The molecule has 0 heterocycles. The predicted molar refractivity (Wildman–Crippen MR) is 37.0 cm³/mol. The van der Waals surface area contributed by atoms with E-state index < -0.39 is 6.17 Å². The van der Waals surface area contributed by atoms with Crippen molar-refractivity contribution in [2.45, 2.75) is 19.0 Å². The molecule has 11 heavy (non-hydrogen) atoms. The minimum Gasteiger partial charge on any atom is -0.339 e. The van der Waals surface area contributed by atoms with Gasteiger partial charge in [0.15, 0.2) is 0 Å². The summed E-state index contributed by atoms with van der Waals surface area (Å²) in [6.07, 6.45) is 1.27. The van der Waals surface area contributed by atoms with Gasteiger partial charge in [-0.2, -0.15) is 5.26 Å². The van der Waals surface area contributed by atoms with Crippen LogP contribution in [0.2, 0.25) is 0 Å². The molecule has 0 aromatic rings. The zero-order valence-corrected chi connectivity index (χ0v) is 5.91. The molecule has 2 amide bonds. The van der Waals surface area contributed by atoms with Crippen LogP contribution in [0.15, 0.2) is 0 Å². The lowest BCUT2D eigenvalue weighted by Gasteiger charge is -2.11. The minimum atomic E-state index is -0.426. The molecule has 0 saturated carbocycles. The summed E-state index contributed by atoms with van der Waals surface area (Å²) in [6.45, 7) is 0. The van der Waals surface area contributed by atoms with Crippen molar-refractivity contribution in [3.05, 3.63) is 0 Å². The molecule has 5 heteroatoms. The lowest BCUT2D eigenvalue weighted by molar-refractivity contribution is -0.112. The van der Waals surface area contributed by atoms with Crippen molar-refractivity contribution in [2.75, 3.05) is 0 Å². The van der Waals surface area contributed by atoms with E-state index in [2.05, 4.69) is 10.6 Å². The number of hydrogen-bond donors (Lipinski definition) is 2. The first-order valence-corrected chi connectivity index (χ1v) is 3.11. The predicted octanol–water partition coefficient (Wildman–Crippen LogP) is -0.892. The average molecular weight is 155 g/mol. The van der Waals surface area contributed by atoms with E-state index in [0.717, 1.165) is 0 Å². The summed E-state index contributed by atoms with van der Waals surface area (Å²) in [7, 11) is 0. The summed E-state index contributed by atoms with van der Waals surface area (Å²) >= 11 is 0. The molecule has 2 N–H and O–H groups in total. The van der Waals surface area contributed by atoms with Gasteiger partial charge in [-0.3, -0.25) is 9.59 Å². The van der Waals surface area contributed by atoms with Gasteiger partial charge in [-0.25, -0.2) is 0 Å². The van der Waals surface area contributed by atoms with Gasteiger partial charge in [0.05, 0.1) is 6.07 Å². The summed E-state index contributed by atoms with van der Waals surface area (Å²) in [5.41, 5.74) is 0. The second-order valence-corrected chi connectivity index (χ2v) is 1.82. The summed E-state index contributed by atoms with van der Waals surface area (Å²) < 4.78 is 0. The SMILES string of the molecule is N#CCCC(NC=O)NC=O. The Morgan fingerprint density at radius 3 is 2.27 bits per heavy atom. The summed E-state index contributed by atoms with van der Waals surface area (Å²) in [6, 6.07) is 1.90. The van der Waals surface area contributed by atoms with Crippen LogP contribution < -0.4 is 10.6 Å². The Morgan fingerprint density at radius 1 is 1.36 bits per heavy atom. The van der Waals surface area contributed by atoms with Gasteiger partial charge in [0.2, 0.25) is 12.8 Å². The Bertz CT molecular complexity index is 154. The van der Waals surface area contributed by atoms with Gasteiger partial charge in [0, 0.05) is 6.42 Å². The van der Waals surface area contributed by atoms with E-state index in [1.54, 1.807) is 0 Å². The molecule has 0 atom stereocenters. The highest BCUT2D eigenvalue weighted by Gasteiger charge is 2.02. The van der Waals surface area contributed by atoms with Gasteiger partial charge >= 0.3 is 0 Å². The molecule has 0 fully saturated rings. The fraction of sp³-hybridized carbons (Fsp3) is 0.500. The van der Waals surface area contributed by atoms with Crippen molar-refractivity contribution < 1.29 is 9.59 Å². The fourth-order valence-corrected chi connectivity index (χ4v) is 0.588. The average Bonchev–Trinajstić information content (AvgIpc) is 2.01. The summed E-state index contributed by atoms with van der Waals surface area (Å²) in [5.74, 6) is 0. The molecular formula is C6H9N3O2. The van der Waals surface area contributed by atoms with E-state index in [4.69, 9.17) is 5.26 Å². The second-order valence-electron chi connectivity index (χ2n) is 1.82. The zero-order valence-electron chi connectivity index (χ0n) is 5.91. The third-order valence-corrected chi connectivity index (χ3v) is 1.08. The highest BCUT2D eigenvalue weighted by atomic mass is 16.1. The Labute approximate surface area is 64.4 Å². The number of nitrogens with zero attached hydrogens (tertiary/aromatic N) is 1. The quantitative estimate of drug-likeness (QED) is 0.385. The van der Waals surface area contributed by atoms with Crippen LogP contribution in [0.5, 0.6) is 0 Å². The van der Waals surface area contributed by atoms with Crippen molar-refractivity contribution in [1.82, 2.24) is 10.6 Å². The molecule has 0 radical (unpaired) electrons. The molecule has 0 aromatic heterocycles. The first-order valence-electron chi connectivity index (χ1n) is 3.11. The topological polar surface area (TPSA) is 82.0 Å². The molecular weight excluding hydrogens is 146 g/mol. The maximum absolute atomic E-state index is 9.90. The molecule has 0 aromatic carbocycles. The van der Waals surface area contributed by atoms with Gasteiger partial charge in [-0.05, 0) is 6.42 Å². The second kappa shape index (κ2) is 6.55. The van der Waals surface area contributed by atoms with E-state index in [-0.39, 0.29) is 0 Å². The Morgan fingerprint density at radius 2 is 1.91 bits per heavy atom. The number of nitriles is 1. The van der Waals surface area contributed by atoms with E-state index >= 15 is 0 Å². The largest absolute Gasteiger partial charge is 0.339 e. The molecule has 0 aliphatic heterocycles. The Kier molecular flexibility index (Phi) is 5.61. The van der Waals surface area contributed by atoms with Crippen LogP contribution in [0.25, 0.3) is 0 Å². The molecule has 0 bridgehead atoms. The standard InChI is InChI=1S/C6H9N3O2/c7-3-1-2-6(8-4-10)9-5-11/h4-6H,1-2H2,(H,8,10)(H,9,11). The molecule has 0 aliphatic rings. The third kappa shape index (κ3) is 4.90. The van der Waals surface area contributed by atoms with Crippen LogP contribution >= 0.6 is 0 Å².